The highest BCUT2D eigenvalue weighted by Gasteiger charge is 2.42. The molecule has 0 aromatic heterocycles. The largest absolute Gasteiger partial charge is 0.480 e. The van der Waals surface area contributed by atoms with E-state index in [4.69, 9.17) is 5.11 Å². The molecule has 0 bridgehead atoms. The quantitative estimate of drug-likeness (QED) is 0.653. The third kappa shape index (κ3) is 2.08. The van der Waals surface area contributed by atoms with Gasteiger partial charge >= 0.3 is 12.0 Å². The molecule has 15 heavy (non-hydrogen) atoms. The summed E-state index contributed by atoms with van der Waals surface area (Å²) < 4.78 is 0. The Bertz CT molecular complexity index is 302. The molecule has 1 fully saturated rings. The molecule has 0 saturated carbocycles. The third-order valence-electron chi connectivity index (χ3n) is 2.37. The number of carboxylic acid groups (broad SMARTS) is 1. The van der Waals surface area contributed by atoms with Crippen LogP contribution in [0.25, 0.3) is 0 Å². The minimum atomic E-state index is -1.18. The van der Waals surface area contributed by atoms with E-state index in [1.807, 2.05) is 6.92 Å². The molecular formula is C9H14N2O4. The monoisotopic (exact) mass is 214 g/mol. The topological polar surface area (TPSA) is 86.7 Å². The van der Waals surface area contributed by atoms with Crippen molar-refractivity contribution in [1.29, 1.82) is 0 Å². The predicted octanol–water partition coefficient (Wildman–Crippen LogP) is 0.180. The predicted molar refractivity (Wildman–Crippen MR) is 51.2 cm³/mol. The highest BCUT2D eigenvalue weighted by molar-refractivity contribution is 6.06. The molecule has 0 aromatic carbocycles. The second-order valence-electron chi connectivity index (χ2n) is 3.51. The van der Waals surface area contributed by atoms with E-state index in [0.29, 0.717) is 6.42 Å². The Morgan fingerprint density at radius 3 is 2.67 bits per heavy atom. The first-order valence-electron chi connectivity index (χ1n) is 4.85. The molecule has 6 nitrogen and oxygen atoms in total. The summed E-state index contributed by atoms with van der Waals surface area (Å²) in [5, 5.41) is 11.2. The maximum absolute atomic E-state index is 11.6. The molecule has 2 atom stereocenters. The van der Waals surface area contributed by atoms with Crippen LogP contribution in [-0.2, 0) is 9.59 Å². The first kappa shape index (κ1) is 11.5. The number of rotatable bonds is 4. The van der Waals surface area contributed by atoms with Crippen molar-refractivity contribution >= 4 is 17.9 Å². The number of nitrogens with zero attached hydrogens (tertiary/aromatic N) is 1. The lowest BCUT2D eigenvalue weighted by atomic mass is 10.1. The van der Waals surface area contributed by atoms with Crippen molar-refractivity contribution < 1.29 is 19.5 Å². The van der Waals surface area contributed by atoms with Crippen molar-refractivity contribution in [3.63, 3.8) is 0 Å². The zero-order valence-electron chi connectivity index (χ0n) is 8.69. The fraction of sp³-hybridized carbons (Fsp3) is 0.667. The number of imide groups is 1. The minimum Gasteiger partial charge on any atom is -0.480 e. The van der Waals surface area contributed by atoms with E-state index in [9.17, 15) is 14.4 Å². The van der Waals surface area contributed by atoms with Crippen LogP contribution < -0.4 is 5.32 Å². The highest BCUT2D eigenvalue weighted by Crippen LogP contribution is 2.14. The van der Waals surface area contributed by atoms with Gasteiger partial charge in [0.1, 0.15) is 12.1 Å². The van der Waals surface area contributed by atoms with E-state index in [1.165, 1.54) is 6.92 Å². The molecule has 6 heteroatoms. The van der Waals surface area contributed by atoms with E-state index >= 15 is 0 Å². The zero-order chi connectivity index (χ0) is 11.6. The van der Waals surface area contributed by atoms with Crippen molar-refractivity contribution in [2.75, 3.05) is 0 Å². The van der Waals surface area contributed by atoms with Gasteiger partial charge in [-0.15, -0.1) is 0 Å². The second kappa shape index (κ2) is 4.29. The molecule has 3 amide bonds. The number of aliphatic carboxylic acids is 1. The molecule has 1 aliphatic heterocycles. The standard InChI is InChI=1S/C9H14N2O4/c1-3-4-6-7(12)11(9(15)10-6)5(2)8(13)14/h5-6H,3-4H2,1-2H3,(H,10,15)(H,13,14). The van der Waals surface area contributed by atoms with Gasteiger partial charge in [-0.25, -0.2) is 14.5 Å². The van der Waals surface area contributed by atoms with E-state index < -0.39 is 30.0 Å². The van der Waals surface area contributed by atoms with E-state index in [2.05, 4.69) is 5.32 Å². The number of hydrogen-bond donors (Lipinski definition) is 2. The summed E-state index contributed by atoms with van der Waals surface area (Å²) >= 11 is 0. The average Bonchev–Trinajstić information content (AvgIpc) is 2.42. The van der Waals surface area contributed by atoms with Crippen LogP contribution in [0.15, 0.2) is 0 Å². The fourth-order valence-corrected chi connectivity index (χ4v) is 1.51. The van der Waals surface area contributed by atoms with Crippen LogP contribution in [-0.4, -0.2) is 40.0 Å². The number of carboxylic acids is 1. The maximum Gasteiger partial charge on any atom is 0.326 e. The summed E-state index contributed by atoms with van der Waals surface area (Å²) in [4.78, 5) is 34.4. The van der Waals surface area contributed by atoms with Crippen molar-refractivity contribution in [2.24, 2.45) is 0 Å². The lowest BCUT2D eigenvalue weighted by molar-refractivity contribution is -0.146. The average molecular weight is 214 g/mol. The highest BCUT2D eigenvalue weighted by atomic mass is 16.4. The first-order chi connectivity index (χ1) is 6.99. The van der Waals surface area contributed by atoms with Crippen molar-refractivity contribution in [3.8, 4) is 0 Å². The zero-order valence-corrected chi connectivity index (χ0v) is 8.69. The molecule has 2 unspecified atom stereocenters. The Labute approximate surface area is 87.2 Å². The van der Waals surface area contributed by atoms with Crippen molar-refractivity contribution in [3.05, 3.63) is 0 Å². The lowest BCUT2D eigenvalue weighted by Crippen LogP contribution is -2.43. The van der Waals surface area contributed by atoms with Gasteiger partial charge in [-0.05, 0) is 13.3 Å². The van der Waals surface area contributed by atoms with Crippen molar-refractivity contribution in [1.82, 2.24) is 10.2 Å². The summed E-state index contributed by atoms with van der Waals surface area (Å²) in [7, 11) is 0. The van der Waals surface area contributed by atoms with Crippen LogP contribution >= 0.6 is 0 Å². The van der Waals surface area contributed by atoms with Gasteiger partial charge in [-0.3, -0.25) is 4.79 Å². The molecule has 1 rings (SSSR count). The smallest absolute Gasteiger partial charge is 0.326 e. The van der Waals surface area contributed by atoms with Crippen LogP contribution in [0.4, 0.5) is 4.79 Å². The molecular weight excluding hydrogens is 200 g/mol. The maximum atomic E-state index is 11.6. The Kier molecular flexibility index (Phi) is 3.28. The summed E-state index contributed by atoms with van der Waals surface area (Å²) in [6, 6.07) is -2.29. The molecule has 2 N–H and O–H groups in total. The molecule has 1 saturated heterocycles. The SMILES string of the molecule is CCCC1NC(=O)N(C(C)C(=O)O)C1=O. The number of urea groups is 1. The van der Waals surface area contributed by atoms with Crippen LogP contribution in [0.3, 0.4) is 0 Å². The van der Waals surface area contributed by atoms with Gasteiger partial charge in [0.15, 0.2) is 0 Å². The normalized spacial score (nSPS) is 22.8. The van der Waals surface area contributed by atoms with Gasteiger partial charge in [0.05, 0.1) is 0 Å². The van der Waals surface area contributed by atoms with Crippen LogP contribution in [0.2, 0.25) is 0 Å². The summed E-state index contributed by atoms with van der Waals surface area (Å²) in [6.07, 6.45) is 1.29. The summed E-state index contributed by atoms with van der Waals surface area (Å²) in [6.45, 7) is 3.21. The molecule has 1 aliphatic rings. The van der Waals surface area contributed by atoms with Crippen molar-refractivity contribution in [2.45, 2.75) is 38.8 Å². The number of hydrogen-bond acceptors (Lipinski definition) is 3. The molecule has 1 heterocycles. The molecule has 0 aliphatic carbocycles. The van der Waals surface area contributed by atoms with E-state index in [0.717, 1.165) is 11.3 Å². The number of carbonyl (C=O) groups is 3. The molecule has 0 radical (unpaired) electrons. The van der Waals surface area contributed by atoms with Gasteiger partial charge < -0.3 is 10.4 Å². The molecule has 84 valence electrons. The fourth-order valence-electron chi connectivity index (χ4n) is 1.51. The summed E-state index contributed by atoms with van der Waals surface area (Å²) in [5.74, 6) is -1.63. The first-order valence-corrected chi connectivity index (χ1v) is 4.85. The second-order valence-corrected chi connectivity index (χ2v) is 3.51. The lowest BCUT2D eigenvalue weighted by Gasteiger charge is -2.17. The van der Waals surface area contributed by atoms with Crippen LogP contribution in [0.5, 0.6) is 0 Å². The Morgan fingerprint density at radius 2 is 2.20 bits per heavy atom. The number of carbonyl (C=O) groups excluding carboxylic acids is 2. The van der Waals surface area contributed by atoms with Gasteiger partial charge in [0.2, 0.25) is 0 Å². The van der Waals surface area contributed by atoms with Gasteiger partial charge in [0, 0.05) is 0 Å². The number of nitrogens with one attached hydrogen (secondary N) is 1. The Morgan fingerprint density at radius 1 is 1.60 bits per heavy atom. The van der Waals surface area contributed by atoms with Gasteiger partial charge in [-0.1, -0.05) is 13.3 Å². The molecule has 0 aromatic rings. The summed E-state index contributed by atoms with van der Waals surface area (Å²) in [5.41, 5.74) is 0. The van der Waals surface area contributed by atoms with E-state index in [-0.39, 0.29) is 0 Å². The Balaban J connectivity index is 2.79. The molecule has 0 spiro atoms. The third-order valence-corrected chi connectivity index (χ3v) is 2.37. The van der Waals surface area contributed by atoms with Gasteiger partial charge in [0.25, 0.3) is 5.91 Å². The van der Waals surface area contributed by atoms with E-state index in [1.54, 1.807) is 0 Å². The number of amides is 3. The van der Waals surface area contributed by atoms with Crippen LogP contribution in [0.1, 0.15) is 26.7 Å². The van der Waals surface area contributed by atoms with Crippen LogP contribution in [0, 0.1) is 0 Å². The minimum absolute atomic E-state index is 0.447. The Hall–Kier alpha value is -1.59. The van der Waals surface area contributed by atoms with Gasteiger partial charge in [-0.2, -0.15) is 0 Å².